The van der Waals surface area contributed by atoms with E-state index < -0.39 is 0 Å². The van der Waals surface area contributed by atoms with E-state index in [1.54, 1.807) is 12.3 Å². The smallest absolute Gasteiger partial charge is 0.270 e. The molecule has 1 aliphatic carbocycles. The van der Waals surface area contributed by atoms with Crippen molar-refractivity contribution in [3.8, 4) is 0 Å². The number of nitrogens with one attached hydrogen (secondary N) is 2. The lowest BCUT2D eigenvalue weighted by molar-refractivity contribution is 0.0946. The quantitative estimate of drug-likeness (QED) is 0.911. The van der Waals surface area contributed by atoms with Crippen molar-refractivity contribution < 1.29 is 4.79 Å². The standard InChI is InChI=1S/C15H15ClN4O/c1-9-11(16)3-2-4-12(9)19-15-17-8-7-13(20-15)14(21)18-10-5-6-10/h2-4,7-8,10H,5-6H2,1H3,(H,18,21)(H,17,19,20). The van der Waals surface area contributed by atoms with Crippen molar-refractivity contribution in [3.05, 3.63) is 46.7 Å². The highest BCUT2D eigenvalue weighted by Gasteiger charge is 2.24. The molecule has 0 saturated heterocycles. The van der Waals surface area contributed by atoms with E-state index in [2.05, 4.69) is 20.6 Å². The Hall–Kier alpha value is -2.14. The van der Waals surface area contributed by atoms with Crippen LogP contribution in [0.2, 0.25) is 5.02 Å². The van der Waals surface area contributed by atoms with E-state index in [0.29, 0.717) is 22.7 Å². The molecular formula is C15H15ClN4O. The van der Waals surface area contributed by atoms with Crippen molar-refractivity contribution >= 4 is 29.1 Å². The highest BCUT2D eigenvalue weighted by atomic mass is 35.5. The van der Waals surface area contributed by atoms with Crippen LogP contribution in [-0.2, 0) is 0 Å². The molecule has 3 rings (SSSR count). The van der Waals surface area contributed by atoms with Crippen LogP contribution in [0.25, 0.3) is 0 Å². The first-order chi connectivity index (χ1) is 10.1. The summed E-state index contributed by atoms with van der Waals surface area (Å²) in [6.45, 7) is 1.91. The summed E-state index contributed by atoms with van der Waals surface area (Å²) in [6.07, 6.45) is 3.66. The summed E-state index contributed by atoms with van der Waals surface area (Å²) in [6, 6.07) is 7.47. The van der Waals surface area contributed by atoms with E-state index in [0.717, 1.165) is 24.1 Å². The van der Waals surface area contributed by atoms with Crippen LogP contribution in [-0.4, -0.2) is 21.9 Å². The summed E-state index contributed by atoms with van der Waals surface area (Å²) in [5.74, 6) is 0.217. The van der Waals surface area contributed by atoms with Crippen LogP contribution in [0.5, 0.6) is 0 Å². The van der Waals surface area contributed by atoms with Gasteiger partial charge in [0.1, 0.15) is 5.69 Å². The third kappa shape index (κ3) is 3.31. The van der Waals surface area contributed by atoms with Crippen LogP contribution in [0, 0.1) is 6.92 Å². The average molecular weight is 303 g/mol. The van der Waals surface area contributed by atoms with Gasteiger partial charge in [0, 0.05) is 22.9 Å². The van der Waals surface area contributed by atoms with Gasteiger partial charge in [-0.2, -0.15) is 0 Å². The van der Waals surface area contributed by atoms with E-state index in [1.807, 2.05) is 25.1 Å². The fraction of sp³-hybridized carbons (Fsp3) is 0.267. The monoisotopic (exact) mass is 302 g/mol. The number of nitrogens with zero attached hydrogens (tertiary/aromatic N) is 2. The lowest BCUT2D eigenvalue weighted by Crippen LogP contribution is -2.26. The Bertz CT molecular complexity index is 685. The van der Waals surface area contributed by atoms with Crippen LogP contribution in [0.15, 0.2) is 30.5 Å². The predicted octanol–water partition coefficient (Wildman–Crippen LogP) is 3.07. The Morgan fingerprint density at radius 3 is 2.90 bits per heavy atom. The molecule has 1 aliphatic rings. The lowest BCUT2D eigenvalue weighted by Gasteiger charge is -2.10. The van der Waals surface area contributed by atoms with Gasteiger partial charge in [-0.3, -0.25) is 4.79 Å². The Labute approximate surface area is 127 Å². The molecular weight excluding hydrogens is 288 g/mol. The van der Waals surface area contributed by atoms with Crippen LogP contribution in [0.1, 0.15) is 28.9 Å². The average Bonchev–Trinajstić information content (AvgIpc) is 3.28. The number of amides is 1. The molecule has 1 saturated carbocycles. The Kier molecular flexibility index (Phi) is 3.75. The van der Waals surface area contributed by atoms with Crippen molar-refractivity contribution in [3.63, 3.8) is 0 Å². The van der Waals surface area contributed by atoms with E-state index in [4.69, 9.17) is 11.6 Å². The maximum absolute atomic E-state index is 12.0. The summed E-state index contributed by atoms with van der Waals surface area (Å²) >= 11 is 6.08. The van der Waals surface area contributed by atoms with Gasteiger partial charge in [0.25, 0.3) is 5.91 Å². The highest BCUT2D eigenvalue weighted by Crippen LogP contribution is 2.25. The summed E-state index contributed by atoms with van der Waals surface area (Å²) in [5.41, 5.74) is 2.09. The minimum absolute atomic E-state index is 0.161. The van der Waals surface area contributed by atoms with Gasteiger partial charge in [0.05, 0.1) is 0 Å². The molecule has 2 aromatic rings. The van der Waals surface area contributed by atoms with E-state index in [9.17, 15) is 4.79 Å². The first-order valence-electron chi connectivity index (χ1n) is 6.79. The van der Waals surface area contributed by atoms with E-state index in [1.165, 1.54) is 0 Å². The zero-order valence-corrected chi connectivity index (χ0v) is 12.3. The first kappa shape index (κ1) is 13.8. The fourth-order valence-corrected chi connectivity index (χ4v) is 2.07. The summed E-state index contributed by atoms with van der Waals surface area (Å²) in [5, 5.41) is 6.66. The van der Waals surface area contributed by atoms with Crippen molar-refractivity contribution in [2.75, 3.05) is 5.32 Å². The molecule has 5 nitrogen and oxygen atoms in total. The second-order valence-electron chi connectivity index (χ2n) is 5.05. The highest BCUT2D eigenvalue weighted by molar-refractivity contribution is 6.31. The van der Waals surface area contributed by atoms with Gasteiger partial charge in [-0.15, -0.1) is 0 Å². The Morgan fingerprint density at radius 1 is 1.33 bits per heavy atom. The molecule has 1 aromatic heterocycles. The van der Waals surface area contributed by atoms with Crippen molar-refractivity contribution in [1.82, 2.24) is 15.3 Å². The number of hydrogen-bond acceptors (Lipinski definition) is 4. The van der Waals surface area contributed by atoms with Crippen LogP contribution in [0.3, 0.4) is 0 Å². The summed E-state index contributed by atoms with van der Waals surface area (Å²) in [7, 11) is 0. The molecule has 1 heterocycles. The van der Waals surface area contributed by atoms with Gasteiger partial charge in [-0.05, 0) is 43.5 Å². The zero-order chi connectivity index (χ0) is 14.8. The lowest BCUT2D eigenvalue weighted by atomic mass is 10.2. The molecule has 0 aliphatic heterocycles. The van der Waals surface area contributed by atoms with Gasteiger partial charge in [-0.1, -0.05) is 17.7 Å². The fourth-order valence-electron chi connectivity index (χ4n) is 1.90. The number of rotatable bonds is 4. The second kappa shape index (κ2) is 5.69. The molecule has 0 spiro atoms. The third-order valence-electron chi connectivity index (χ3n) is 3.31. The normalized spacial score (nSPS) is 13.8. The maximum Gasteiger partial charge on any atom is 0.270 e. The topological polar surface area (TPSA) is 66.9 Å². The predicted molar refractivity (Wildman–Crippen MR) is 82.0 cm³/mol. The van der Waals surface area contributed by atoms with Crippen LogP contribution in [0.4, 0.5) is 11.6 Å². The molecule has 2 N–H and O–H groups in total. The van der Waals surface area contributed by atoms with Gasteiger partial charge < -0.3 is 10.6 Å². The zero-order valence-electron chi connectivity index (χ0n) is 11.6. The molecule has 0 atom stereocenters. The number of aromatic nitrogens is 2. The Balaban J connectivity index is 1.79. The third-order valence-corrected chi connectivity index (χ3v) is 3.72. The van der Waals surface area contributed by atoms with Crippen LogP contribution < -0.4 is 10.6 Å². The first-order valence-corrected chi connectivity index (χ1v) is 7.17. The second-order valence-corrected chi connectivity index (χ2v) is 5.46. The minimum Gasteiger partial charge on any atom is -0.348 e. The van der Waals surface area contributed by atoms with Gasteiger partial charge in [0.2, 0.25) is 5.95 Å². The van der Waals surface area contributed by atoms with E-state index in [-0.39, 0.29) is 5.91 Å². The number of halogens is 1. The molecule has 1 aromatic carbocycles. The van der Waals surface area contributed by atoms with Crippen molar-refractivity contribution in [2.24, 2.45) is 0 Å². The van der Waals surface area contributed by atoms with E-state index >= 15 is 0 Å². The van der Waals surface area contributed by atoms with Crippen molar-refractivity contribution in [2.45, 2.75) is 25.8 Å². The molecule has 21 heavy (non-hydrogen) atoms. The number of carbonyl (C=O) groups excluding carboxylic acids is 1. The number of anilines is 2. The summed E-state index contributed by atoms with van der Waals surface area (Å²) in [4.78, 5) is 20.4. The van der Waals surface area contributed by atoms with Gasteiger partial charge >= 0.3 is 0 Å². The summed E-state index contributed by atoms with van der Waals surface area (Å²) < 4.78 is 0. The number of hydrogen-bond donors (Lipinski definition) is 2. The minimum atomic E-state index is -0.161. The molecule has 6 heteroatoms. The molecule has 1 amide bonds. The molecule has 0 unspecified atom stereocenters. The van der Waals surface area contributed by atoms with Crippen LogP contribution >= 0.6 is 11.6 Å². The molecule has 0 radical (unpaired) electrons. The largest absolute Gasteiger partial charge is 0.348 e. The molecule has 1 fully saturated rings. The number of carbonyl (C=O) groups is 1. The van der Waals surface area contributed by atoms with Crippen molar-refractivity contribution in [1.29, 1.82) is 0 Å². The SMILES string of the molecule is Cc1c(Cl)cccc1Nc1nccc(C(=O)NC2CC2)n1. The molecule has 108 valence electrons. The molecule has 0 bridgehead atoms. The number of benzene rings is 1. The van der Waals surface area contributed by atoms with Gasteiger partial charge in [0.15, 0.2) is 0 Å². The maximum atomic E-state index is 12.0. The van der Waals surface area contributed by atoms with Gasteiger partial charge in [-0.25, -0.2) is 9.97 Å². The Morgan fingerprint density at radius 2 is 2.14 bits per heavy atom.